The fourth-order valence-electron chi connectivity index (χ4n) is 4.17. The SMILES string of the molecule is O=C(NCC(c1ccc(C(F)(F)F)cc1)N1CCOCC1)C1CC1c1ccccc1F. The molecule has 2 fully saturated rings. The number of hydrogen-bond donors (Lipinski definition) is 1. The first-order valence-electron chi connectivity index (χ1n) is 10.4. The van der Waals surface area contributed by atoms with Gasteiger partial charge in [-0.2, -0.15) is 13.2 Å². The largest absolute Gasteiger partial charge is 0.416 e. The predicted octanol–water partition coefficient (Wildman–Crippen LogP) is 4.14. The van der Waals surface area contributed by atoms with E-state index in [0.29, 0.717) is 43.9 Å². The monoisotopic (exact) mass is 436 g/mol. The number of carbonyl (C=O) groups is 1. The van der Waals surface area contributed by atoms with E-state index in [0.717, 1.165) is 12.1 Å². The van der Waals surface area contributed by atoms with Gasteiger partial charge < -0.3 is 10.1 Å². The Morgan fingerprint density at radius 1 is 1.10 bits per heavy atom. The number of halogens is 4. The second-order valence-electron chi connectivity index (χ2n) is 8.00. The summed E-state index contributed by atoms with van der Waals surface area (Å²) in [5.41, 5.74) is 0.554. The minimum atomic E-state index is -4.39. The number of nitrogens with one attached hydrogen (secondary N) is 1. The highest BCUT2D eigenvalue weighted by atomic mass is 19.4. The van der Waals surface area contributed by atoms with E-state index in [4.69, 9.17) is 4.74 Å². The van der Waals surface area contributed by atoms with Crippen molar-refractivity contribution in [2.45, 2.75) is 24.6 Å². The van der Waals surface area contributed by atoms with E-state index < -0.39 is 11.7 Å². The lowest BCUT2D eigenvalue weighted by Crippen LogP contribution is -2.44. The van der Waals surface area contributed by atoms with Crippen molar-refractivity contribution in [3.05, 3.63) is 71.0 Å². The summed E-state index contributed by atoms with van der Waals surface area (Å²) in [6, 6.07) is 11.3. The van der Waals surface area contributed by atoms with Gasteiger partial charge in [0.2, 0.25) is 5.91 Å². The number of rotatable bonds is 6. The maximum atomic E-state index is 14.0. The van der Waals surface area contributed by atoms with Crippen molar-refractivity contribution in [1.82, 2.24) is 10.2 Å². The van der Waals surface area contributed by atoms with Crippen LogP contribution in [-0.2, 0) is 15.7 Å². The summed E-state index contributed by atoms with van der Waals surface area (Å²) in [6.07, 6.45) is -3.80. The van der Waals surface area contributed by atoms with Gasteiger partial charge in [-0.3, -0.25) is 9.69 Å². The van der Waals surface area contributed by atoms with Crippen LogP contribution in [0.25, 0.3) is 0 Å². The van der Waals surface area contributed by atoms with E-state index in [9.17, 15) is 22.4 Å². The number of carbonyl (C=O) groups excluding carboxylic acids is 1. The quantitative estimate of drug-likeness (QED) is 0.693. The van der Waals surface area contributed by atoms with Gasteiger partial charge in [-0.25, -0.2) is 4.39 Å². The first-order chi connectivity index (χ1) is 14.8. The van der Waals surface area contributed by atoms with Crippen molar-refractivity contribution in [2.75, 3.05) is 32.8 Å². The molecule has 1 saturated heterocycles. The first-order valence-corrected chi connectivity index (χ1v) is 10.4. The Balaban J connectivity index is 1.43. The number of amides is 1. The van der Waals surface area contributed by atoms with Crippen LogP contribution in [0.3, 0.4) is 0 Å². The molecule has 0 spiro atoms. The molecule has 1 saturated carbocycles. The van der Waals surface area contributed by atoms with Crippen molar-refractivity contribution in [2.24, 2.45) is 5.92 Å². The average molecular weight is 436 g/mol. The Labute approximate surface area is 178 Å². The number of ether oxygens (including phenoxy) is 1. The molecule has 2 aromatic carbocycles. The van der Waals surface area contributed by atoms with Gasteiger partial charge in [0.15, 0.2) is 0 Å². The Kier molecular flexibility index (Phi) is 6.29. The zero-order valence-electron chi connectivity index (χ0n) is 16.9. The fourth-order valence-corrected chi connectivity index (χ4v) is 4.17. The molecular weight excluding hydrogens is 412 g/mol. The molecule has 1 aliphatic heterocycles. The highest BCUT2D eigenvalue weighted by Crippen LogP contribution is 2.48. The third-order valence-electron chi connectivity index (χ3n) is 6.01. The summed E-state index contributed by atoms with van der Waals surface area (Å²) in [5, 5.41) is 2.94. The molecule has 166 valence electrons. The smallest absolute Gasteiger partial charge is 0.379 e. The maximum Gasteiger partial charge on any atom is 0.416 e. The number of alkyl halides is 3. The fraction of sp³-hybridized carbons (Fsp3) is 0.435. The molecule has 0 radical (unpaired) electrons. The van der Waals surface area contributed by atoms with Gasteiger partial charge in [-0.15, -0.1) is 0 Å². The number of morpholine rings is 1. The van der Waals surface area contributed by atoms with Crippen LogP contribution >= 0.6 is 0 Å². The molecule has 31 heavy (non-hydrogen) atoms. The standard InChI is InChI=1S/C23H24F4N2O2/c24-20-4-2-1-3-17(20)18-13-19(18)22(30)28-14-21(29-9-11-31-12-10-29)15-5-7-16(8-6-15)23(25,26)27/h1-8,18-19,21H,9-14H2,(H,28,30). The van der Waals surface area contributed by atoms with Crippen LogP contribution in [-0.4, -0.2) is 43.7 Å². The number of benzene rings is 2. The van der Waals surface area contributed by atoms with Crippen LogP contribution in [0.15, 0.2) is 48.5 Å². The Hall–Kier alpha value is -2.45. The topological polar surface area (TPSA) is 41.6 Å². The van der Waals surface area contributed by atoms with E-state index in [1.165, 1.54) is 18.2 Å². The Morgan fingerprint density at radius 3 is 2.42 bits per heavy atom. The zero-order chi connectivity index (χ0) is 22.0. The Bertz CT molecular complexity index is 911. The third-order valence-corrected chi connectivity index (χ3v) is 6.01. The van der Waals surface area contributed by atoms with E-state index in [1.807, 2.05) is 0 Å². The summed E-state index contributed by atoms with van der Waals surface area (Å²) >= 11 is 0. The Morgan fingerprint density at radius 2 is 1.77 bits per heavy atom. The molecule has 3 unspecified atom stereocenters. The van der Waals surface area contributed by atoms with Gasteiger partial charge in [0.25, 0.3) is 0 Å². The zero-order valence-corrected chi connectivity index (χ0v) is 16.9. The highest BCUT2D eigenvalue weighted by molar-refractivity contribution is 5.83. The highest BCUT2D eigenvalue weighted by Gasteiger charge is 2.45. The molecule has 4 nitrogen and oxygen atoms in total. The van der Waals surface area contributed by atoms with Crippen LogP contribution in [0, 0.1) is 11.7 Å². The minimum Gasteiger partial charge on any atom is -0.379 e. The van der Waals surface area contributed by atoms with Gasteiger partial charge in [0.05, 0.1) is 24.8 Å². The molecule has 0 bridgehead atoms. The van der Waals surface area contributed by atoms with E-state index in [2.05, 4.69) is 10.2 Å². The molecule has 4 rings (SSSR count). The van der Waals surface area contributed by atoms with Crippen molar-refractivity contribution < 1.29 is 27.1 Å². The third kappa shape index (κ3) is 5.07. The van der Waals surface area contributed by atoms with Gasteiger partial charge >= 0.3 is 6.18 Å². The molecule has 1 amide bonds. The summed E-state index contributed by atoms with van der Waals surface area (Å²) in [6.45, 7) is 2.59. The second kappa shape index (κ2) is 8.96. The van der Waals surface area contributed by atoms with Crippen LogP contribution < -0.4 is 5.32 Å². The lowest BCUT2D eigenvalue weighted by molar-refractivity contribution is -0.137. The molecule has 2 aromatic rings. The van der Waals surface area contributed by atoms with Gasteiger partial charge in [-0.1, -0.05) is 30.3 Å². The lowest BCUT2D eigenvalue weighted by atomic mass is 10.0. The normalized spacial score (nSPS) is 22.7. The maximum absolute atomic E-state index is 14.0. The molecule has 2 aliphatic rings. The molecule has 3 atom stereocenters. The molecule has 1 aliphatic carbocycles. The molecule has 1 N–H and O–H groups in total. The predicted molar refractivity (Wildman–Crippen MR) is 107 cm³/mol. The lowest BCUT2D eigenvalue weighted by Gasteiger charge is -2.35. The van der Waals surface area contributed by atoms with Crippen LogP contribution in [0.4, 0.5) is 17.6 Å². The van der Waals surface area contributed by atoms with Gasteiger partial charge in [-0.05, 0) is 41.7 Å². The first kappa shape index (κ1) is 21.8. The number of hydrogen-bond acceptors (Lipinski definition) is 3. The molecule has 0 aromatic heterocycles. The van der Waals surface area contributed by atoms with Crippen LogP contribution in [0.1, 0.15) is 35.1 Å². The average Bonchev–Trinajstić information content (AvgIpc) is 3.55. The van der Waals surface area contributed by atoms with Crippen molar-refractivity contribution in [3.8, 4) is 0 Å². The van der Waals surface area contributed by atoms with Gasteiger partial charge in [0.1, 0.15) is 5.82 Å². The van der Waals surface area contributed by atoms with E-state index in [1.54, 1.807) is 18.2 Å². The number of nitrogens with zero attached hydrogens (tertiary/aromatic N) is 1. The van der Waals surface area contributed by atoms with E-state index in [-0.39, 0.29) is 36.1 Å². The second-order valence-corrected chi connectivity index (χ2v) is 8.00. The summed E-state index contributed by atoms with van der Waals surface area (Å²) in [7, 11) is 0. The van der Waals surface area contributed by atoms with Crippen molar-refractivity contribution >= 4 is 5.91 Å². The summed E-state index contributed by atoms with van der Waals surface area (Å²) in [4.78, 5) is 14.8. The van der Waals surface area contributed by atoms with Gasteiger partial charge in [0, 0.05) is 25.6 Å². The van der Waals surface area contributed by atoms with E-state index >= 15 is 0 Å². The van der Waals surface area contributed by atoms with Crippen LogP contribution in [0.2, 0.25) is 0 Å². The summed E-state index contributed by atoms with van der Waals surface area (Å²) < 4.78 is 58.1. The molecule has 1 heterocycles. The van der Waals surface area contributed by atoms with Crippen molar-refractivity contribution in [3.63, 3.8) is 0 Å². The van der Waals surface area contributed by atoms with Crippen LogP contribution in [0.5, 0.6) is 0 Å². The summed E-state index contributed by atoms with van der Waals surface area (Å²) in [5.74, 6) is -0.874. The minimum absolute atomic E-state index is 0.130. The molecular formula is C23H24F4N2O2. The van der Waals surface area contributed by atoms with Crippen molar-refractivity contribution in [1.29, 1.82) is 0 Å². The molecule has 8 heteroatoms.